The number of ether oxygens (including phenoxy) is 2. The van der Waals surface area contributed by atoms with Crippen molar-refractivity contribution in [1.29, 1.82) is 0 Å². The van der Waals surface area contributed by atoms with Gasteiger partial charge in [-0.15, -0.1) is 0 Å². The van der Waals surface area contributed by atoms with E-state index in [4.69, 9.17) is 9.47 Å². The van der Waals surface area contributed by atoms with Gasteiger partial charge in [0.1, 0.15) is 5.03 Å². The maximum Gasteiger partial charge on any atom is 0.323 e. The smallest absolute Gasteiger partial charge is 0.323 e. The molecule has 1 aliphatic heterocycles. The van der Waals surface area contributed by atoms with Crippen LogP contribution in [0.5, 0.6) is 0 Å². The number of nitrogens with zero attached hydrogens (tertiary/aromatic N) is 1. The third-order valence-corrected chi connectivity index (χ3v) is 5.61. The zero-order valence-corrected chi connectivity index (χ0v) is 17.1. The molecule has 0 N–H and O–H groups in total. The van der Waals surface area contributed by atoms with E-state index < -0.39 is 33.5 Å². The molecule has 0 bridgehead atoms. The molecule has 2 heterocycles. The monoisotopic (exact) mass is 419 g/mol. The highest BCUT2D eigenvalue weighted by molar-refractivity contribution is 7.90. The predicted octanol–water partition coefficient (Wildman–Crippen LogP) is 1.97. The summed E-state index contributed by atoms with van der Waals surface area (Å²) in [5.74, 6) is -4.39. The van der Waals surface area contributed by atoms with Gasteiger partial charge >= 0.3 is 11.9 Å². The summed E-state index contributed by atoms with van der Waals surface area (Å²) in [5, 5.41) is -0.0744. The molecule has 0 saturated carbocycles. The Morgan fingerprint density at radius 1 is 1.03 bits per heavy atom. The number of benzene rings is 1. The average molecular weight is 419 g/mol. The molecule has 0 spiro atoms. The largest absolute Gasteiger partial charge is 0.422 e. The molecule has 9 heteroatoms. The number of ketones is 1. The van der Waals surface area contributed by atoms with Crippen molar-refractivity contribution in [2.75, 3.05) is 6.26 Å². The number of esters is 2. The fourth-order valence-electron chi connectivity index (χ4n) is 3.18. The molecule has 0 aliphatic carbocycles. The average Bonchev–Trinajstić information content (AvgIpc) is 3.04. The molecular formula is C20H21NO7S. The lowest BCUT2D eigenvalue weighted by atomic mass is 10.0. The minimum Gasteiger partial charge on any atom is -0.422 e. The van der Waals surface area contributed by atoms with Gasteiger partial charge in [-0.2, -0.15) is 0 Å². The molecule has 0 amide bonds. The van der Waals surface area contributed by atoms with Gasteiger partial charge in [-0.25, -0.2) is 8.42 Å². The van der Waals surface area contributed by atoms with Crippen molar-refractivity contribution in [2.24, 2.45) is 5.92 Å². The number of aromatic nitrogens is 1. The molecule has 1 aromatic carbocycles. The number of cyclic esters (lactones) is 2. The van der Waals surface area contributed by atoms with Crippen LogP contribution >= 0.6 is 0 Å². The summed E-state index contributed by atoms with van der Waals surface area (Å²) in [6.07, 6.45) is 0.960. The molecular weight excluding hydrogens is 398 g/mol. The van der Waals surface area contributed by atoms with Crippen molar-refractivity contribution in [3.63, 3.8) is 0 Å². The van der Waals surface area contributed by atoms with E-state index in [9.17, 15) is 22.8 Å². The number of hydrogen-bond acceptors (Lipinski definition) is 7. The molecule has 0 unspecified atom stereocenters. The lowest BCUT2D eigenvalue weighted by molar-refractivity contribution is -0.240. The van der Waals surface area contributed by atoms with Crippen molar-refractivity contribution in [1.82, 2.24) is 4.57 Å². The van der Waals surface area contributed by atoms with Crippen LogP contribution in [-0.4, -0.2) is 42.7 Å². The van der Waals surface area contributed by atoms with E-state index in [0.29, 0.717) is 5.56 Å². The van der Waals surface area contributed by atoms with E-state index in [2.05, 4.69) is 0 Å². The van der Waals surface area contributed by atoms with E-state index in [1.54, 1.807) is 30.3 Å². The molecule has 1 aliphatic rings. The second kappa shape index (κ2) is 7.47. The molecule has 1 saturated heterocycles. The standard InChI is InChI=1S/C20H21NO7S/c1-20(2)27-18(23)14(19(24)28-20)11-12-21-15(9-10-16(21)29(3,25)26)17(22)13-7-5-4-6-8-13/h4-10,14H,11-12H2,1-3H3. The van der Waals surface area contributed by atoms with E-state index in [1.807, 2.05) is 0 Å². The van der Waals surface area contributed by atoms with Crippen molar-refractivity contribution in [3.8, 4) is 0 Å². The third-order valence-electron chi connectivity index (χ3n) is 4.49. The molecule has 3 rings (SSSR count). The number of sulfone groups is 1. The Morgan fingerprint density at radius 3 is 2.17 bits per heavy atom. The first-order valence-corrected chi connectivity index (χ1v) is 10.8. The fourth-order valence-corrected chi connectivity index (χ4v) is 4.08. The highest BCUT2D eigenvalue weighted by Crippen LogP contribution is 2.27. The van der Waals surface area contributed by atoms with E-state index in [-0.39, 0.29) is 29.5 Å². The molecule has 29 heavy (non-hydrogen) atoms. The first kappa shape index (κ1) is 20.8. The van der Waals surface area contributed by atoms with Crippen LogP contribution in [-0.2, 0) is 35.4 Å². The van der Waals surface area contributed by atoms with Crippen LogP contribution in [0.2, 0.25) is 0 Å². The Morgan fingerprint density at radius 2 is 1.62 bits per heavy atom. The van der Waals surface area contributed by atoms with E-state index in [0.717, 1.165) is 6.26 Å². The summed E-state index contributed by atoms with van der Waals surface area (Å²) in [4.78, 5) is 37.2. The van der Waals surface area contributed by atoms with Crippen LogP contribution in [0.25, 0.3) is 0 Å². The van der Waals surface area contributed by atoms with E-state index in [1.165, 1.54) is 30.5 Å². The predicted molar refractivity (Wildman–Crippen MR) is 102 cm³/mol. The van der Waals surface area contributed by atoms with Gasteiger partial charge in [0.2, 0.25) is 5.78 Å². The Kier molecular flexibility index (Phi) is 5.36. The van der Waals surface area contributed by atoms with Crippen LogP contribution in [0.1, 0.15) is 36.3 Å². The number of carbonyl (C=O) groups is 3. The van der Waals surface area contributed by atoms with Crippen molar-refractivity contribution < 1.29 is 32.3 Å². The lowest BCUT2D eigenvalue weighted by Gasteiger charge is -2.33. The SMILES string of the molecule is CC1(C)OC(=O)C(CCn2c(C(=O)c3ccccc3)ccc2S(C)(=O)=O)C(=O)O1. The van der Waals surface area contributed by atoms with Gasteiger partial charge in [-0.05, 0) is 18.6 Å². The van der Waals surface area contributed by atoms with E-state index >= 15 is 0 Å². The van der Waals surface area contributed by atoms with Crippen LogP contribution < -0.4 is 0 Å². The highest BCUT2D eigenvalue weighted by Gasteiger charge is 2.43. The third kappa shape index (κ3) is 4.40. The fraction of sp³-hybridized carbons (Fsp3) is 0.350. The number of rotatable bonds is 6. The molecule has 2 aromatic rings. The highest BCUT2D eigenvalue weighted by atomic mass is 32.2. The van der Waals surface area contributed by atoms with Crippen molar-refractivity contribution in [2.45, 2.75) is 37.6 Å². The van der Waals surface area contributed by atoms with Gasteiger partial charge < -0.3 is 14.0 Å². The van der Waals surface area contributed by atoms with Crippen molar-refractivity contribution in [3.05, 3.63) is 53.7 Å². The Bertz CT molecular complexity index is 1050. The summed E-state index contributed by atoms with van der Waals surface area (Å²) in [5.41, 5.74) is 0.541. The maximum atomic E-state index is 12.9. The molecule has 1 fully saturated rings. The quantitative estimate of drug-likeness (QED) is 0.400. The molecule has 8 nitrogen and oxygen atoms in total. The zero-order valence-electron chi connectivity index (χ0n) is 16.2. The summed E-state index contributed by atoms with van der Waals surface area (Å²) in [6.45, 7) is 2.84. The summed E-state index contributed by atoms with van der Waals surface area (Å²) in [7, 11) is -3.65. The summed E-state index contributed by atoms with van der Waals surface area (Å²) >= 11 is 0. The Labute approximate surface area is 168 Å². The van der Waals surface area contributed by atoms with Gasteiger partial charge in [-0.3, -0.25) is 14.4 Å². The van der Waals surface area contributed by atoms with Crippen LogP contribution in [0, 0.1) is 5.92 Å². The second-order valence-corrected chi connectivity index (χ2v) is 9.22. The van der Waals surface area contributed by atoms with Crippen LogP contribution in [0.4, 0.5) is 0 Å². The maximum absolute atomic E-state index is 12.9. The van der Waals surface area contributed by atoms with Crippen molar-refractivity contribution >= 4 is 27.6 Å². The second-order valence-electron chi connectivity index (χ2n) is 7.26. The number of hydrogen-bond donors (Lipinski definition) is 0. The minimum absolute atomic E-state index is 0.0569. The molecule has 154 valence electrons. The first-order valence-electron chi connectivity index (χ1n) is 8.94. The lowest BCUT2D eigenvalue weighted by Crippen LogP contribution is -2.46. The van der Waals surface area contributed by atoms with Gasteiger partial charge in [0.05, 0.1) is 5.69 Å². The normalized spacial score (nSPS) is 16.9. The van der Waals surface area contributed by atoms with Crippen LogP contribution in [0.3, 0.4) is 0 Å². The topological polar surface area (TPSA) is 109 Å². The van der Waals surface area contributed by atoms with Gasteiger partial charge in [0.15, 0.2) is 15.8 Å². The summed E-state index contributed by atoms with van der Waals surface area (Å²) < 4.78 is 35.9. The van der Waals surface area contributed by atoms with Crippen LogP contribution in [0.15, 0.2) is 47.5 Å². The van der Waals surface area contributed by atoms with Gasteiger partial charge in [0, 0.05) is 32.2 Å². The summed E-state index contributed by atoms with van der Waals surface area (Å²) in [6, 6.07) is 11.2. The Hall–Kier alpha value is -2.94. The zero-order chi connectivity index (χ0) is 21.4. The Balaban J connectivity index is 1.92. The molecule has 0 atom stereocenters. The minimum atomic E-state index is -3.65. The first-order chi connectivity index (χ1) is 13.5. The number of carbonyl (C=O) groups excluding carboxylic acids is 3. The van der Waals surface area contributed by atoms with Gasteiger partial charge in [0.25, 0.3) is 5.79 Å². The van der Waals surface area contributed by atoms with Gasteiger partial charge in [-0.1, -0.05) is 30.3 Å². The molecule has 1 aromatic heterocycles. The molecule has 0 radical (unpaired) electrons.